The molecule has 1 heterocycles. The number of halogens is 1. The number of nitrogens with zero attached hydrogens (tertiary/aromatic N) is 2. The molecule has 0 unspecified atom stereocenters. The molecule has 1 aliphatic carbocycles. The maximum absolute atomic E-state index is 13.5. The molecular weight excluding hydrogens is 255 g/mol. The number of phenolic OH excluding ortho intramolecular Hbond substituents is 1. The van der Waals surface area contributed by atoms with E-state index in [-0.39, 0.29) is 11.6 Å². The topological polar surface area (TPSA) is 38.1 Å². The van der Waals surface area contributed by atoms with E-state index in [0.717, 1.165) is 23.9 Å². The van der Waals surface area contributed by atoms with E-state index in [1.807, 2.05) is 24.3 Å². The standard InChI is InChI=1S/C16H13FN2O/c17-10-5-8-15(20)12(9-10)16-18-13-3-1-2-4-14(13)19(16)11-6-7-11/h1-5,8-9,11,20H,6-7H2. The van der Waals surface area contributed by atoms with Crippen molar-refractivity contribution in [1.29, 1.82) is 0 Å². The third-order valence-electron chi connectivity index (χ3n) is 3.71. The molecule has 0 spiro atoms. The Bertz CT molecular complexity index is 805. The Balaban J connectivity index is 2.03. The van der Waals surface area contributed by atoms with Crippen molar-refractivity contribution in [1.82, 2.24) is 9.55 Å². The molecular formula is C16H13FN2O. The van der Waals surface area contributed by atoms with Crippen LogP contribution in [0.2, 0.25) is 0 Å². The van der Waals surface area contributed by atoms with E-state index < -0.39 is 0 Å². The summed E-state index contributed by atoms with van der Waals surface area (Å²) in [4.78, 5) is 4.58. The highest BCUT2D eigenvalue weighted by Crippen LogP contribution is 2.42. The fourth-order valence-electron chi connectivity index (χ4n) is 2.62. The second kappa shape index (κ2) is 4.07. The Morgan fingerprint density at radius 1 is 1.15 bits per heavy atom. The van der Waals surface area contributed by atoms with Crippen LogP contribution in [0.1, 0.15) is 18.9 Å². The molecule has 100 valence electrons. The summed E-state index contributed by atoms with van der Waals surface area (Å²) in [6.45, 7) is 0. The van der Waals surface area contributed by atoms with Crippen LogP contribution in [0.3, 0.4) is 0 Å². The van der Waals surface area contributed by atoms with Gasteiger partial charge in [-0.1, -0.05) is 12.1 Å². The van der Waals surface area contributed by atoms with E-state index in [0.29, 0.717) is 17.4 Å². The van der Waals surface area contributed by atoms with E-state index in [4.69, 9.17) is 0 Å². The Morgan fingerprint density at radius 3 is 2.75 bits per heavy atom. The van der Waals surface area contributed by atoms with Crippen molar-refractivity contribution < 1.29 is 9.50 Å². The second-order valence-electron chi connectivity index (χ2n) is 5.19. The molecule has 0 amide bonds. The number of benzene rings is 2. The van der Waals surface area contributed by atoms with Crippen molar-refractivity contribution >= 4 is 11.0 Å². The summed E-state index contributed by atoms with van der Waals surface area (Å²) in [5.41, 5.74) is 2.36. The molecule has 3 nitrogen and oxygen atoms in total. The summed E-state index contributed by atoms with van der Waals surface area (Å²) < 4.78 is 15.6. The number of phenols is 1. The van der Waals surface area contributed by atoms with Crippen molar-refractivity contribution in [3.8, 4) is 17.1 Å². The number of rotatable bonds is 2. The Hall–Kier alpha value is -2.36. The number of aromatic hydroxyl groups is 1. The van der Waals surface area contributed by atoms with Crippen molar-refractivity contribution in [2.24, 2.45) is 0 Å². The molecule has 1 aromatic heterocycles. The van der Waals surface area contributed by atoms with Gasteiger partial charge in [0, 0.05) is 6.04 Å². The Kier molecular flexibility index (Phi) is 2.33. The van der Waals surface area contributed by atoms with Gasteiger partial charge in [0.05, 0.1) is 16.6 Å². The smallest absolute Gasteiger partial charge is 0.145 e. The average Bonchev–Trinajstić information content (AvgIpc) is 3.21. The first-order valence-corrected chi connectivity index (χ1v) is 6.70. The van der Waals surface area contributed by atoms with Gasteiger partial charge in [-0.15, -0.1) is 0 Å². The van der Waals surface area contributed by atoms with E-state index in [2.05, 4.69) is 9.55 Å². The maximum Gasteiger partial charge on any atom is 0.145 e. The fourth-order valence-corrected chi connectivity index (χ4v) is 2.62. The van der Waals surface area contributed by atoms with Crippen LogP contribution in [0.15, 0.2) is 42.5 Å². The van der Waals surface area contributed by atoms with Crippen molar-refractivity contribution in [2.45, 2.75) is 18.9 Å². The largest absolute Gasteiger partial charge is 0.507 e. The number of aromatic nitrogens is 2. The first kappa shape index (κ1) is 11.5. The SMILES string of the molecule is Oc1ccc(F)cc1-c1nc2ccccc2n1C1CC1. The minimum Gasteiger partial charge on any atom is -0.507 e. The molecule has 1 saturated carbocycles. The summed E-state index contributed by atoms with van der Waals surface area (Å²) in [6.07, 6.45) is 2.20. The van der Waals surface area contributed by atoms with Crippen LogP contribution in [0.4, 0.5) is 4.39 Å². The van der Waals surface area contributed by atoms with Crippen LogP contribution >= 0.6 is 0 Å². The summed E-state index contributed by atoms with van der Waals surface area (Å²) in [7, 11) is 0. The number of fused-ring (bicyclic) bond motifs is 1. The van der Waals surface area contributed by atoms with Gasteiger partial charge in [-0.25, -0.2) is 9.37 Å². The minimum atomic E-state index is -0.368. The zero-order chi connectivity index (χ0) is 13.7. The van der Waals surface area contributed by atoms with Gasteiger partial charge in [-0.2, -0.15) is 0 Å². The van der Waals surface area contributed by atoms with E-state index in [9.17, 15) is 9.50 Å². The highest BCUT2D eigenvalue weighted by Gasteiger charge is 2.29. The van der Waals surface area contributed by atoms with Crippen LogP contribution in [-0.2, 0) is 0 Å². The van der Waals surface area contributed by atoms with Gasteiger partial charge in [0.2, 0.25) is 0 Å². The lowest BCUT2D eigenvalue weighted by molar-refractivity contribution is 0.474. The third-order valence-corrected chi connectivity index (χ3v) is 3.71. The van der Waals surface area contributed by atoms with Gasteiger partial charge in [-0.3, -0.25) is 0 Å². The third kappa shape index (κ3) is 1.68. The summed E-state index contributed by atoms with van der Waals surface area (Å²) in [5.74, 6) is 0.335. The molecule has 2 aromatic carbocycles. The second-order valence-corrected chi connectivity index (χ2v) is 5.19. The molecule has 3 aromatic rings. The molecule has 4 heteroatoms. The number of hydrogen-bond donors (Lipinski definition) is 1. The fraction of sp³-hybridized carbons (Fsp3) is 0.188. The normalized spacial score (nSPS) is 14.8. The molecule has 0 atom stereocenters. The molecule has 0 radical (unpaired) electrons. The molecule has 1 aliphatic rings. The number of imidazole rings is 1. The summed E-state index contributed by atoms with van der Waals surface area (Å²) in [5, 5.41) is 10.0. The Labute approximate surface area is 115 Å². The van der Waals surface area contributed by atoms with Crippen LogP contribution < -0.4 is 0 Å². The average molecular weight is 268 g/mol. The van der Waals surface area contributed by atoms with Crippen molar-refractivity contribution in [3.05, 3.63) is 48.3 Å². The first-order valence-electron chi connectivity index (χ1n) is 6.70. The van der Waals surface area contributed by atoms with Gasteiger partial charge in [-0.05, 0) is 43.2 Å². The molecule has 20 heavy (non-hydrogen) atoms. The minimum absolute atomic E-state index is 0.0589. The molecule has 1 N–H and O–H groups in total. The zero-order valence-corrected chi connectivity index (χ0v) is 10.8. The van der Waals surface area contributed by atoms with Crippen LogP contribution in [0, 0.1) is 5.82 Å². The molecule has 0 bridgehead atoms. The monoisotopic (exact) mass is 268 g/mol. The molecule has 0 aliphatic heterocycles. The van der Waals surface area contributed by atoms with E-state index in [1.165, 1.54) is 18.2 Å². The van der Waals surface area contributed by atoms with Crippen molar-refractivity contribution in [2.75, 3.05) is 0 Å². The lowest BCUT2D eigenvalue weighted by Gasteiger charge is -2.09. The maximum atomic E-state index is 13.5. The summed E-state index contributed by atoms with van der Waals surface area (Å²) >= 11 is 0. The molecule has 0 saturated heterocycles. The number of hydrogen-bond acceptors (Lipinski definition) is 2. The van der Waals surface area contributed by atoms with Gasteiger partial charge < -0.3 is 9.67 Å². The van der Waals surface area contributed by atoms with Gasteiger partial charge in [0.15, 0.2) is 0 Å². The first-order chi connectivity index (χ1) is 9.74. The predicted molar refractivity (Wildman–Crippen MR) is 75.1 cm³/mol. The van der Waals surface area contributed by atoms with Crippen LogP contribution in [0.5, 0.6) is 5.75 Å². The van der Waals surface area contributed by atoms with E-state index >= 15 is 0 Å². The number of para-hydroxylation sites is 2. The summed E-state index contributed by atoms with van der Waals surface area (Å²) in [6, 6.07) is 12.2. The molecule has 4 rings (SSSR count). The lowest BCUT2D eigenvalue weighted by atomic mass is 10.2. The van der Waals surface area contributed by atoms with Gasteiger partial charge in [0.25, 0.3) is 0 Å². The van der Waals surface area contributed by atoms with Crippen LogP contribution in [0.25, 0.3) is 22.4 Å². The predicted octanol–water partition coefficient (Wildman–Crippen LogP) is 3.88. The van der Waals surface area contributed by atoms with Crippen molar-refractivity contribution in [3.63, 3.8) is 0 Å². The quantitative estimate of drug-likeness (QED) is 0.765. The highest BCUT2D eigenvalue weighted by atomic mass is 19.1. The van der Waals surface area contributed by atoms with Gasteiger partial charge in [0.1, 0.15) is 17.4 Å². The highest BCUT2D eigenvalue weighted by molar-refractivity contribution is 5.82. The molecule has 1 fully saturated rings. The lowest BCUT2D eigenvalue weighted by Crippen LogP contribution is -1.97. The van der Waals surface area contributed by atoms with Gasteiger partial charge >= 0.3 is 0 Å². The van der Waals surface area contributed by atoms with E-state index in [1.54, 1.807) is 0 Å². The zero-order valence-electron chi connectivity index (χ0n) is 10.8. The Morgan fingerprint density at radius 2 is 1.95 bits per heavy atom. The van der Waals surface area contributed by atoms with Crippen LogP contribution in [-0.4, -0.2) is 14.7 Å².